The smallest absolute Gasteiger partial charge is 0.311 e. The Balaban J connectivity index is 2.45. The molecular weight excluding hydrogens is 240 g/mol. The molecule has 0 unspecified atom stereocenters. The van der Waals surface area contributed by atoms with Gasteiger partial charge in [0.15, 0.2) is 0 Å². The molecule has 1 rings (SSSR count). The number of rotatable bonds is 8. The fourth-order valence-electron chi connectivity index (χ4n) is 1.23. The van der Waals surface area contributed by atoms with E-state index in [1.807, 2.05) is 0 Å². The van der Waals surface area contributed by atoms with Crippen molar-refractivity contribution in [3.05, 3.63) is 22.2 Å². The van der Waals surface area contributed by atoms with Crippen molar-refractivity contribution < 1.29 is 14.4 Å². The van der Waals surface area contributed by atoms with Crippen molar-refractivity contribution in [1.82, 2.24) is 4.98 Å². The molecule has 0 spiro atoms. The van der Waals surface area contributed by atoms with Crippen LogP contribution >= 0.6 is 0 Å². The first-order chi connectivity index (χ1) is 8.65. The maximum Gasteiger partial charge on any atom is 0.311 e. The molecule has 8 heteroatoms. The van der Waals surface area contributed by atoms with Crippen molar-refractivity contribution in [1.29, 1.82) is 0 Å². The van der Waals surface area contributed by atoms with Crippen LogP contribution < -0.4 is 11.1 Å². The van der Waals surface area contributed by atoms with E-state index >= 15 is 0 Å². The predicted molar refractivity (Wildman–Crippen MR) is 66.5 cm³/mol. The van der Waals surface area contributed by atoms with Crippen molar-refractivity contribution in [2.24, 2.45) is 0 Å². The summed E-state index contributed by atoms with van der Waals surface area (Å²) < 4.78 is 10.0. The summed E-state index contributed by atoms with van der Waals surface area (Å²) in [7, 11) is 1.58. The second-order valence-corrected chi connectivity index (χ2v) is 3.39. The van der Waals surface area contributed by atoms with Crippen LogP contribution in [-0.2, 0) is 9.47 Å². The quantitative estimate of drug-likeness (QED) is 0.399. The van der Waals surface area contributed by atoms with Gasteiger partial charge in [-0.3, -0.25) is 10.1 Å². The van der Waals surface area contributed by atoms with E-state index in [-0.39, 0.29) is 17.3 Å². The number of nitro groups is 1. The van der Waals surface area contributed by atoms with Crippen molar-refractivity contribution >= 4 is 17.3 Å². The lowest BCUT2D eigenvalue weighted by Gasteiger charge is -2.07. The fraction of sp³-hybridized carbons (Fsp3) is 0.500. The van der Waals surface area contributed by atoms with Crippen molar-refractivity contribution in [2.45, 2.75) is 0 Å². The fourth-order valence-corrected chi connectivity index (χ4v) is 1.23. The molecule has 0 saturated carbocycles. The standard InChI is InChI=1S/C10H16N4O4/c1-17-6-7-18-5-4-12-10-8(14(15)16)2-3-9(11)13-10/h2-3H,4-7H2,1H3,(H3,11,12,13). The number of anilines is 2. The average molecular weight is 256 g/mol. The van der Waals surface area contributed by atoms with E-state index in [2.05, 4.69) is 10.3 Å². The van der Waals surface area contributed by atoms with E-state index in [4.69, 9.17) is 15.2 Å². The van der Waals surface area contributed by atoms with Gasteiger partial charge in [0.2, 0.25) is 5.82 Å². The first kappa shape index (κ1) is 14.1. The van der Waals surface area contributed by atoms with Gasteiger partial charge in [-0.25, -0.2) is 4.98 Å². The zero-order chi connectivity index (χ0) is 13.4. The number of nitrogens with two attached hydrogens (primary N) is 1. The first-order valence-electron chi connectivity index (χ1n) is 5.36. The van der Waals surface area contributed by atoms with Crippen LogP contribution in [0.15, 0.2) is 12.1 Å². The van der Waals surface area contributed by atoms with E-state index in [1.54, 1.807) is 7.11 Å². The number of aromatic nitrogens is 1. The van der Waals surface area contributed by atoms with Crippen molar-refractivity contribution in [3.63, 3.8) is 0 Å². The molecule has 3 N–H and O–H groups in total. The molecule has 100 valence electrons. The third-order valence-corrected chi connectivity index (χ3v) is 2.06. The first-order valence-corrected chi connectivity index (χ1v) is 5.36. The van der Waals surface area contributed by atoms with Gasteiger partial charge in [-0.2, -0.15) is 0 Å². The number of ether oxygens (including phenoxy) is 2. The van der Waals surface area contributed by atoms with Crippen LogP contribution in [0.4, 0.5) is 17.3 Å². The van der Waals surface area contributed by atoms with E-state index in [1.165, 1.54) is 12.1 Å². The third-order valence-electron chi connectivity index (χ3n) is 2.06. The minimum absolute atomic E-state index is 0.110. The lowest BCUT2D eigenvalue weighted by molar-refractivity contribution is -0.384. The molecule has 0 aromatic carbocycles. The summed E-state index contributed by atoms with van der Waals surface area (Å²) in [5, 5.41) is 13.6. The molecule has 0 bridgehead atoms. The maximum absolute atomic E-state index is 10.7. The number of nitrogen functional groups attached to an aromatic ring is 1. The topological polar surface area (TPSA) is 113 Å². The summed E-state index contributed by atoms with van der Waals surface area (Å²) in [6.07, 6.45) is 0. The van der Waals surface area contributed by atoms with E-state index in [0.717, 1.165) is 0 Å². The Bertz CT molecular complexity index is 399. The zero-order valence-electron chi connectivity index (χ0n) is 10.1. The van der Waals surface area contributed by atoms with Gasteiger partial charge in [-0.1, -0.05) is 0 Å². The number of hydrogen-bond donors (Lipinski definition) is 2. The number of hydrogen-bond acceptors (Lipinski definition) is 7. The minimum atomic E-state index is -0.513. The van der Waals surface area contributed by atoms with Gasteiger partial charge >= 0.3 is 5.69 Å². The molecule has 1 aromatic rings. The molecule has 1 aromatic heterocycles. The molecule has 0 radical (unpaired) electrons. The van der Waals surface area contributed by atoms with Gasteiger partial charge in [0.05, 0.1) is 24.7 Å². The number of pyridine rings is 1. The molecular formula is C10H16N4O4. The van der Waals surface area contributed by atoms with Gasteiger partial charge in [-0.05, 0) is 6.07 Å². The van der Waals surface area contributed by atoms with Crippen LogP contribution in [0.25, 0.3) is 0 Å². The largest absolute Gasteiger partial charge is 0.384 e. The van der Waals surface area contributed by atoms with E-state index < -0.39 is 4.92 Å². The van der Waals surface area contributed by atoms with Gasteiger partial charge in [0, 0.05) is 19.7 Å². The molecule has 0 fully saturated rings. The Morgan fingerprint density at radius 3 is 2.89 bits per heavy atom. The van der Waals surface area contributed by atoms with Crippen LogP contribution in [0, 0.1) is 10.1 Å². The summed E-state index contributed by atoms with van der Waals surface area (Å²) in [5.41, 5.74) is 5.37. The SMILES string of the molecule is COCCOCCNc1nc(N)ccc1[N+](=O)[O-]. The van der Waals surface area contributed by atoms with Gasteiger partial charge in [0.25, 0.3) is 0 Å². The Morgan fingerprint density at radius 1 is 1.44 bits per heavy atom. The third kappa shape index (κ3) is 4.52. The lowest BCUT2D eigenvalue weighted by atomic mass is 10.3. The summed E-state index contributed by atoms with van der Waals surface area (Å²) in [6, 6.07) is 2.70. The second kappa shape index (κ2) is 7.41. The summed E-state index contributed by atoms with van der Waals surface area (Å²) in [6.45, 7) is 1.79. The molecule has 0 saturated heterocycles. The van der Waals surface area contributed by atoms with Crippen LogP contribution in [0.2, 0.25) is 0 Å². The highest BCUT2D eigenvalue weighted by atomic mass is 16.6. The number of nitrogens with zero attached hydrogens (tertiary/aromatic N) is 2. The Kier molecular flexibility index (Phi) is 5.81. The van der Waals surface area contributed by atoms with E-state index in [0.29, 0.717) is 26.4 Å². The predicted octanol–water partition coefficient (Wildman–Crippen LogP) is 0.647. The Morgan fingerprint density at radius 2 is 2.22 bits per heavy atom. The molecule has 18 heavy (non-hydrogen) atoms. The lowest BCUT2D eigenvalue weighted by Crippen LogP contribution is -2.14. The highest BCUT2D eigenvalue weighted by Gasteiger charge is 2.14. The summed E-state index contributed by atoms with van der Waals surface area (Å²) >= 11 is 0. The second-order valence-electron chi connectivity index (χ2n) is 3.39. The van der Waals surface area contributed by atoms with Gasteiger partial charge in [0.1, 0.15) is 5.82 Å². The summed E-state index contributed by atoms with van der Waals surface area (Å²) in [5.74, 6) is 0.374. The number of nitrogens with one attached hydrogen (secondary N) is 1. The van der Waals surface area contributed by atoms with Crippen molar-refractivity contribution in [3.8, 4) is 0 Å². The zero-order valence-corrected chi connectivity index (χ0v) is 10.1. The van der Waals surface area contributed by atoms with Crippen LogP contribution in [0.3, 0.4) is 0 Å². The molecule has 0 amide bonds. The van der Waals surface area contributed by atoms with Crippen LogP contribution in [-0.4, -0.2) is 43.4 Å². The normalized spacial score (nSPS) is 10.3. The van der Waals surface area contributed by atoms with Crippen LogP contribution in [0.5, 0.6) is 0 Å². The number of methoxy groups -OCH3 is 1. The van der Waals surface area contributed by atoms with Gasteiger partial charge < -0.3 is 20.5 Å². The monoisotopic (exact) mass is 256 g/mol. The van der Waals surface area contributed by atoms with Gasteiger partial charge in [-0.15, -0.1) is 0 Å². The van der Waals surface area contributed by atoms with E-state index in [9.17, 15) is 10.1 Å². The van der Waals surface area contributed by atoms with Crippen LogP contribution in [0.1, 0.15) is 0 Å². The maximum atomic E-state index is 10.7. The summed E-state index contributed by atoms with van der Waals surface area (Å²) in [4.78, 5) is 14.1. The molecule has 8 nitrogen and oxygen atoms in total. The molecule has 0 aliphatic carbocycles. The minimum Gasteiger partial charge on any atom is -0.384 e. The van der Waals surface area contributed by atoms with Crippen molar-refractivity contribution in [2.75, 3.05) is 44.5 Å². The Hall–Kier alpha value is -1.93. The molecule has 0 aliphatic heterocycles. The highest BCUT2D eigenvalue weighted by molar-refractivity contribution is 5.59. The molecule has 1 heterocycles. The molecule has 0 aliphatic rings. The molecule has 0 atom stereocenters. The highest BCUT2D eigenvalue weighted by Crippen LogP contribution is 2.22. The average Bonchev–Trinajstić information content (AvgIpc) is 2.33. The Labute approximate surface area is 104 Å².